The van der Waals surface area contributed by atoms with Gasteiger partial charge in [-0.2, -0.15) is 0 Å². The zero-order valence-electron chi connectivity index (χ0n) is 13.7. The van der Waals surface area contributed by atoms with E-state index in [4.69, 9.17) is 0 Å². The van der Waals surface area contributed by atoms with E-state index in [9.17, 15) is 9.59 Å². The molecule has 0 saturated carbocycles. The first kappa shape index (κ1) is 16.7. The molecule has 0 aromatic heterocycles. The van der Waals surface area contributed by atoms with Crippen LogP contribution in [0.4, 0.5) is 0 Å². The number of rotatable bonds is 6. The molecule has 2 amide bonds. The maximum absolute atomic E-state index is 12.9. The molecule has 4 nitrogen and oxygen atoms in total. The summed E-state index contributed by atoms with van der Waals surface area (Å²) in [5, 5.41) is 0. The molecule has 0 radical (unpaired) electrons. The minimum Gasteiger partial charge on any atom is -0.348 e. The number of nitrogens with zero attached hydrogens (tertiary/aromatic N) is 2. The molecule has 2 rings (SSSR count). The first-order valence-corrected chi connectivity index (χ1v) is 7.54. The number of carbonyl (C=O) groups is 2. The van der Waals surface area contributed by atoms with Gasteiger partial charge in [-0.1, -0.05) is 60.7 Å². The minimum atomic E-state index is -0.455. The maximum atomic E-state index is 12.9. The lowest BCUT2D eigenvalue weighted by Gasteiger charge is -2.34. The number of amides is 2. The Morgan fingerprint density at radius 2 is 1.35 bits per heavy atom. The molecule has 0 unspecified atom stereocenters. The molecule has 2 atom stereocenters. The van der Waals surface area contributed by atoms with Crippen LogP contribution in [-0.4, -0.2) is 43.3 Å². The van der Waals surface area contributed by atoms with E-state index >= 15 is 0 Å². The van der Waals surface area contributed by atoms with Gasteiger partial charge in [0.25, 0.3) is 0 Å². The van der Waals surface area contributed by atoms with Crippen LogP contribution in [-0.2, 0) is 9.59 Å². The fourth-order valence-corrected chi connectivity index (χ4v) is 2.78. The summed E-state index contributed by atoms with van der Waals surface area (Å²) < 4.78 is 0. The van der Waals surface area contributed by atoms with Crippen molar-refractivity contribution in [2.24, 2.45) is 0 Å². The second kappa shape index (κ2) is 7.58. The highest BCUT2D eigenvalue weighted by atomic mass is 16.2. The van der Waals surface area contributed by atoms with Crippen LogP contribution in [0.3, 0.4) is 0 Å². The van der Waals surface area contributed by atoms with Crippen LogP contribution in [0.15, 0.2) is 60.7 Å². The van der Waals surface area contributed by atoms with Crippen LogP contribution < -0.4 is 0 Å². The molecular formula is C19H22N2O2. The smallest absolute Gasteiger partial charge is 0.232 e. The summed E-state index contributed by atoms with van der Waals surface area (Å²) in [6, 6.07) is 18.9. The lowest BCUT2D eigenvalue weighted by molar-refractivity contribution is -0.133. The molecule has 4 heteroatoms. The van der Waals surface area contributed by atoms with E-state index in [2.05, 4.69) is 0 Å². The normalized spacial score (nSPS) is 13.0. The van der Waals surface area contributed by atoms with Gasteiger partial charge in [0.2, 0.25) is 12.3 Å². The Labute approximate surface area is 137 Å². The van der Waals surface area contributed by atoms with Crippen molar-refractivity contribution in [1.29, 1.82) is 0 Å². The fraction of sp³-hybridized carbons (Fsp3) is 0.263. The molecule has 0 fully saturated rings. The Balaban J connectivity index is 2.57. The average molecular weight is 310 g/mol. The van der Waals surface area contributed by atoms with E-state index in [-0.39, 0.29) is 11.9 Å². The first-order valence-electron chi connectivity index (χ1n) is 7.54. The van der Waals surface area contributed by atoms with E-state index in [1.165, 1.54) is 0 Å². The zero-order chi connectivity index (χ0) is 16.8. The van der Waals surface area contributed by atoms with Crippen molar-refractivity contribution in [3.63, 3.8) is 0 Å². The van der Waals surface area contributed by atoms with Gasteiger partial charge >= 0.3 is 0 Å². The van der Waals surface area contributed by atoms with Crippen molar-refractivity contribution < 1.29 is 9.59 Å². The highest BCUT2D eigenvalue weighted by molar-refractivity contribution is 5.84. The predicted octanol–water partition coefficient (Wildman–Crippen LogP) is 2.69. The van der Waals surface area contributed by atoms with Crippen molar-refractivity contribution in [2.75, 3.05) is 21.1 Å². The molecule has 23 heavy (non-hydrogen) atoms. The first-order chi connectivity index (χ1) is 11.1. The van der Waals surface area contributed by atoms with Crippen LogP contribution in [0, 0.1) is 0 Å². The molecule has 0 N–H and O–H groups in total. The van der Waals surface area contributed by atoms with Crippen molar-refractivity contribution in [2.45, 2.75) is 12.0 Å². The molecule has 0 aliphatic heterocycles. The Kier molecular flexibility index (Phi) is 5.52. The third kappa shape index (κ3) is 3.77. The summed E-state index contributed by atoms with van der Waals surface area (Å²) in [5.74, 6) is -0.484. The van der Waals surface area contributed by atoms with E-state index in [1.807, 2.05) is 60.7 Å². The van der Waals surface area contributed by atoms with Gasteiger partial charge in [0.05, 0.1) is 12.0 Å². The molecule has 2 aromatic rings. The standard InChI is InChI=1S/C19H22N2O2/c1-20(2)19(23)17(15-10-6-4-7-11-15)18(21(3)14-22)16-12-8-5-9-13-16/h4-14,17-18H,1-3H3/t17-,18+/m0/s1. The van der Waals surface area contributed by atoms with Gasteiger partial charge in [0.15, 0.2) is 0 Å². The minimum absolute atomic E-state index is 0.0289. The van der Waals surface area contributed by atoms with Crippen molar-refractivity contribution >= 4 is 12.3 Å². The maximum Gasteiger partial charge on any atom is 0.232 e. The SMILES string of the molecule is CN(C)C(=O)[C@@H](c1ccccc1)[C@@H](c1ccccc1)N(C)C=O. The summed E-state index contributed by atoms with van der Waals surface area (Å²) in [6.07, 6.45) is 0.774. The van der Waals surface area contributed by atoms with Gasteiger partial charge in [0.1, 0.15) is 0 Å². The summed E-state index contributed by atoms with van der Waals surface area (Å²) in [5.41, 5.74) is 1.83. The monoisotopic (exact) mass is 310 g/mol. The third-order valence-electron chi connectivity index (χ3n) is 3.93. The lowest BCUT2D eigenvalue weighted by atomic mass is 9.85. The van der Waals surface area contributed by atoms with E-state index in [0.717, 1.165) is 17.5 Å². The van der Waals surface area contributed by atoms with Crippen LogP contribution in [0.2, 0.25) is 0 Å². The molecule has 0 heterocycles. The Bertz CT molecular complexity index is 641. The van der Waals surface area contributed by atoms with Crippen molar-refractivity contribution in [3.05, 3.63) is 71.8 Å². The molecule has 0 bridgehead atoms. The summed E-state index contributed by atoms with van der Waals surface area (Å²) in [4.78, 5) is 27.5. The van der Waals surface area contributed by atoms with Crippen molar-refractivity contribution in [1.82, 2.24) is 9.80 Å². The third-order valence-corrected chi connectivity index (χ3v) is 3.93. The lowest BCUT2D eigenvalue weighted by Crippen LogP contribution is -2.38. The van der Waals surface area contributed by atoms with E-state index in [1.54, 1.807) is 30.9 Å². The zero-order valence-corrected chi connectivity index (χ0v) is 13.7. The number of hydrogen-bond donors (Lipinski definition) is 0. The van der Waals surface area contributed by atoms with E-state index in [0.29, 0.717) is 0 Å². The molecule has 0 aliphatic rings. The van der Waals surface area contributed by atoms with Gasteiger partial charge in [-0.05, 0) is 11.1 Å². The van der Waals surface area contributed by atoms with E-state index < -0.39 is 5.92 Å². The quantitative estimate of drug-likeness (QED) is 0.770. The number of likely N-dealkylation sites (N-methyl/N-ethyl adjacent to an activating group) is 2. The largest absolute Gasteiger partial charge is 0.348 e. The molecule has 120 valence electrons. The molecule has 0 spiro atoms. The van der Waals surface area contributed by atoms with Crippen molar-refractivity contribution in [3.8, 4) is 0 Å². The topological polar surface area (TPSA) is 40.6 Å². The van der Waals surface area contributed by atoms with Gasteiger partial charge in [0, 0.05) is 21.1 Å². The molecule has 2 aromatic carbocycles. The van der Waals surface area contributed by atoms with Gasteiger partial charge in [-0.15, -0.1) is 0 Å². The Hall–Kier alpha value is -2.62. The van der Waals surface area contributed by atoms with Gasteiger partial charge in [-0.25, -0.2) is 0 Å². The van der Waals surface area contributed by atoms with Gasteiger partial charge in [-0.3, -0.25) is 9.59 Å². The highest BCUT2D eigenvalue weighted by Crippen LogP contribution is 2.35. The second-order valence-corrected chi connectivity index (χ2v) is 5.75. The van der Waals surface area contributed by atoms with Crippen LogP contribution >= 0.6 is 0 Å². The van der Waals surface area contributed by atoms with Crippen LogP contribution in [0.1, 0.15) is 23.1 Å². The summed E-state index contributed by atoms with van der Waals surface area (Å²) in [6.45, 7) is 0. The van der Waals surface area contributed by atoms with Gasteiger partial charge < -0.3 is 9.80 Å². The molecule has 0 saturated heterocycles. The molecule has 0 aliphatic carbocycles. The van der Waals surface area contributed by atoms with Crippen LogP contribution in [0.25, 0.3) is 0 Å². The predicted molar refractivity (Wildman–Crippen MR) is 90.9 cm³/mol. The Morgan fingerprint density at radius 1 is 0.870 bits per heavy atom. The number of benzene rings is 2. The fourth-order valence-electron chi connectivity index (χ4n) is 2.78. The van der Waals surface area contributed by atoms with Crippen LogP contribution in [0.5, 0.6) is 0 Å². The molecular weight excluding hydrogens is 288 g/mol. The summed E-state index contributed by atoms with van der Waals surface area (Å²) in [7, 11) is 5.19. The Morgan fingerprint density at radius 3 is 1.78 bits per heavy atom. The number of hydrogen-bond acceptors (Lipinski definition) is 2. The average Bonchev–Trinajstić information content (AvgIpc) is 2.59. The summed E-state index contributed by atoms with van der Waals surface area (Å²) >= 11 is 0. The number of carbonyl (C=O) groups excluding carboxylic acids is 2. The highest BCUT2D eigenvalue weighted by Gasteiger charge is 2.34. The second-order valence-electron chi connectivity index (χ2n) is 5.75.